The molecule has 0 fully saturated rings. The van der Waals surface area contributed by atoms with Crippen LogP contribution in [-0.2, 0) is 11.8 Å². The first-order valence-corrected chi connectivity index (χ1v) is 6.35. The van der Waals surface area contributed by atoms with Gasteiger partial charge < -0.3 is 5.21 Å². The van der Waals surface area contributed by atoms with E-state index >= 15 is 0 Å². The van der Waals surface area contributed by atoms with E-state index in [4.69, 9.17) is 28.4 Å². The Balaban J connectivity index is 3.95. The normalized spacial score (nSPS) is 14.8. The van der Waals surface area contributed by atoms with Crippen molar-refractivity contribution in [1.29, 1.82) is 0 Å². The van der Waals surface area contributed by atoms with Gasteiger partial charge in [0, 0.05) is 11.1 Å². The van der Waals surface area contributed by atoms with Crippen molar-refractivity contribution in [2.75, 3.05) is 0 Å². The molecular formula is C11H3Cl2F10NO. The maximum absolute atomic E-state index is 13.9. The van der Waals surface area contributed by atoms with Crippen LogP contribution in [0.1, 0.15) is 16.7 Å². The molecule has 0 radical (unpaired) electrons. The summed E-state index contributed by atoms with van der Waals surface area (Å²) in [5.74, 6) is 0. The van der Waals surface area contributed by atoms with Crippen molar-refractivity contribution in [2.24, 2.45) is 5.16 Å². The van der Waals surface area contributed by atoms with Crippen LogP contribution in [0.5, 0.6) is 0 Å². The molecule has 0 atom stereocenters. The predicted octanol–water partition coefficient (Wildman–Crippen LogP) is 6.02. The van der Waals surface area contributed by atoms with E-state index in [9.17, 15) is 43.9 Å². The molecule has 0 aliphatic heterocycles. The number of rotatable bonds is 2. The Labute approximate surface area is 141 Å². The summed E-state index contributed by atoms with van der Waals surface area (Å²) in [6.45, 7) is 0. The first-order valence-electron chi connectivity index (χ1n) is 5.60. The predicted molar refractivity (Wildman–Crippen MR) is 65.5 cm³/mol. The van der Waals surface area contributed by atoms with E-state index in [1.165, 1.54) is 0 Å². The van der Waals surface area contributed by atoms with Crippen LogP contribution in [0.2, 0.25) is 5.02 Å². The summed E-state index contributed by atoms with van der Waals surface area (Å²) in [6.07, 6.45) is -18.9. The monoisotopic (exact) mass is 425 g/mol. The maximum atomic E-state index is 13.9. The second-order valence-corrected chi connectivity index (χ2v) is 5.19. The molecule has 0 spiro atoms. The van der Waals surface area contributed by atoms with Gasteiger partial charge in [-0.3, -0.25) is 0 Å². The molecular weight excluding hydrogens is 423 g/mol. The first kappa shape index (κ1) is 21.6. The number of hydrogen-bond donors (Lipinski definition) is 1. The van der Waals surface area contributed by atoms with E-state index in [0.717, 1.165) is 0 Å². The van der Waals surface area contributed by atoms with Crippen LogP contribution in [0, 0.1) is 0 Å². The number of benzene rings is 1. The minimum Gasteiger partial charge on any atom is -0.410 e. The molecule has 2 nitrogen and oxygen atoms in total. The fourth-order valence-electron chi connectivity index (χ4n) is 1.78. The maximum Gasteiger partial charge on any atom is 0.435 e. The zero-order valence-electron chi connectivity index (χ0n) is 11.1. The van der Waals surface area contributed by atoms with E-state index in [-0.39, 0.29) is 6.07 Å². The van der Waals surface area contributed by atoms with Gasteiger partial charge in [-0.05, 0) is 12.1 Å². The van der Waals surface area contributed by atoms with Crippen molar-refractivity contribution in [3.8, 4) is 0 Å². The zero-order valence-corrected chi connectivity index (χ0v) is 12.6. The van der Waals surface area contributed by atoms with Gasteiger partial charge in [0.2, 0.25) is 0 Å². The number of halogens is 12. The molecule has 142 valence electrons. The smallest absolute Gasteiger partial charge is 0.410 e. The lowest BCUT2D eigenvalue weighted by molar-refractivity contribution is -0.348. The molecule has 0 heterocycles. The number of oxime groups is 1. The molecule has 1 aromatic rings. The van der Waals surface area contributed by atoms with Gasteiger partial charge in [0.05, 0.1) is 10.6 Å². The number of hydrogen-bond acceptors (Lipinski definition) is 2. The van der Waals surface area contributed by atoms with Crippen molar-refractivity contribution >= 4 is 28.4 Å². The average Bonchev–Trinajstić information content (AvgIpc) is 2.41. The minimum atomic E-state index is -6.65. The van der Waals surface area contributed by atoms with Gasteiger partial charge >= 0.3 is 24.2 Å². The Morgan fingerprint density at radius 3 is 1.64 bits per heavy atom. The molecule has 1 aromatic carbocycles. The summed E-state index contributed by atoms with van der Waals surface area (Å²) in [6, 6.07) is -1.09. The van der Waals surface area contributed by atoms with Gasteiger partial charge in [-0.1, -0.05) is 28.4 Å². The second kappa shape index (κ2) is 6.38. The molecule has 25 heavy (non-hydrogen) atoms. The zero-order chi connectivity index (χ0) is 20.0. The van der Waals surface area contributed by atoms with Gasteiger partial charge in [0.25, 0.3) is 0 Å². The summed E-state index contributed by atoms with van der Waals surface area (Å²) in [5.41, 5.74) is -12.3. The van der Waals surface area contributed by atoms with E-state index in [1.807, 2.05) is 0 Å². The van der Waals surface area contributed by atoms with Crippen molar-refractivity contribution in [2.45, 2.75) is 24.2 Å². The highest BCUT2D eigenvalue weighted by Crippen LogP contribution is 2.54. The Morgan fingerprint density at radius 2 is 1.32 bits per heavy atom. The summed E-state index contributed by atoms with van der Waals surface area (Å²) in [5, 5.41) is 7.71. The van der Waals surface area contributed by atoms with Crippen LogP contribution in [0.25, 0.3) is 0 Å². The van der Waals surface area contributed by atoms with E-state index in [2.05, 4.69) is 5.16 Å². The Kier molecular flexibility index (Phi) is 5.52. The molecule has 1 rings (SSSR count). The molecule has 1 N–H and O–H groups in total. The highest BCUT2D eigenvalue weighted by molar-refractivity contribution is 6.70. The molecule has 0 saturated heterocycles. The standard InChI is InChI=1S/C11H3Cl2F10NO/c12-5-2-3(8(14,10(18,19)20)11(21,22)23)1-4(9(15,16)17)6(5)7(13)24-25/h1-2,25H. The molecule has 0 aromatic heterocycles. The van der Waals surface area contributed by atoms with E-state index < -0.39 is 57.1 Å². The topological polar surface area (TPSA) is 32.6 Å². The van der Waals surface area contributed by atoms with Crippen molar-refractivity contribution < 1.29 is 49.1 Å². The van der Waals surface area contributed by atoms with E-state index in [0.29, 0.717) is 0 Å². The van der Waals surface area contributed by atoms with Crippen LogP contribution >= 0.6 is 23.2 Å². The lowest BCUT2D eigenvalue weighted by atomic mass is 9.90. The molecule has 0 saturated carbocycles. The molecule has 0 bridgehead atoms. The number of nitrogens with zero attached hydrogens (tertiary/aromatic N) is 1. The number of alkyl halides is 10. The molecule has 0 amide bonds. The van der Waals surface area contributed by atoms with Gasteiger partial charge in [-0.15, -0.1) is 0 Å². The third-order valence-electron chi connectivity index (χ3n) is 2.87. The molecule has 0 aliphatic carbocycles. The van der Waals surface area contributed by atoms with Gasteiger partial charge in [-0.25, -0.2) is 4.39 Å². The third-order valence-corrected chi connectivity index (χ3v) is 3.43. The summed E-state index contributed by atoms with van der Waals surface area (Å²) in [4.78, 5) is 0. The molecule has 0 aliphatic rings. The summed E-state index contributed by atoms with van der Waals surface area (Å²) < 4.78 is 129. The quantitative estimate of drug-likeness (QED) is 0.267. The highest BCUT2D eigenvalue weighted by atomic mass is 35.5. The lowest BCUT2D eigenvalue weighted by Gasteiger charge is -2.31. The Hall–Kier alpha value is -1.43. The fourth-order valence-corrected chi connectivity index (χ4v) is 2.34. The highest BCUT2D eigenvalue weighted by Gasteiger charge is 2.73. The van der Waals surface area contributed by atoms with Crippen LogP contribution < -0.4 is 0 Å². The summed E-state index contributed by atoms with van der Waals surface area (Å²) >= 11 is 10.4. The lowest BCUT2D eigenvalue weighted by Crippen LogP contribution is -2.50. The SMILES string of the molecule is ON=C(Cl)c1c(Cl)cc(C(F)(C(F)(F)F)C(F)(F)F)cc1C(F)(F)F. The Morgan fingerprint density at radius 1 is 0.880 bits per heavy atom. The van der Waals surface area contributed by atoms with Crippen molar-refractivity contribution in [3.63, 3.8) is 0 Å². The first-order chi connectivity index (χ1) is 11.0. The van der Waals surface area contributed by atoms with Gasteiger partial charge in [0.1, 0.15) is 0 Å². The Bertz CT molecular complexity index is 678. The second-order valence-electron chi connectivity index (χ2n) is 4.42. The van der Waals surface area contributed by atoms with E-state index in [1.54, 1.807) is 0 Å². The summed E-state index contributed by atoms with van der Waals surface area (Å²) in [7, 11) is 0. The van der Waals surface area contributed by atoms with Crippen molar-refractivity contribution in [3.05, 3.63) is 33.8 Å². The van der Waals surface area contributed by atoms with Crippen LogP contribution in [-0.4, -0.2) is 22.7 Å². The van der Waals surface area contributed by atoms with Crippen molar-refractivity contribution in [1.82, 2.24) is 0 Å². The van der Waals surface area contributed by atoms with Gasteiger partial charge in [-0.2, -0.15) is 39.5 Å². The third kappa shape index (κ3) is 3.73. The van der Waals surface area contributed by atoms with Crippen LogP contribution in [0.15, 0.2) is 17.3 Å². The van der Waals surface area contributed by atoms with Gasteiger partial charge in [0.15, 0.2) is 5.17 Å². The van der Waals surface area contributed by atoms with Crippen LogP contribution in [0.3, 0.4) is 0 Å². The fraction of sp³-hybridized carbons (Fsp3) is 0.364. The molecule has 14 heteroatoms. The minimum absolute atomic E-state index is 0.333. The van der Waals surface area contributed by atoms with Crippen LogP contribution in [0.4, 0.5) is 43.9 Å². The average molecular weight is 426 g/mol. The largest absolute Gasteiger partial charge is 0.435 e. The molecule has 0 unspecified atom stereocenters.